The summed E-state index contributed by atoms with van der Waals surface area (Å²) < 4.78 is 54.4. The summed E-state index contributed by atoms with van der Waals surface area (Å²) in [7, 11) is -4.24. The molecule has 2 aliphatic carbocycles. The standard InChI is InChI=1S/C24H30F2N2O3S2/c1-24(23(29)27-21(32-24)13-18-12-16-5-6-17(18)11-16)14-15-7-9-28(10-8-15)33(30,31)22-19(25)3-2-4-20(22)26/h2-4,15-18H,5-14H2,1H3/t16-,17+,18-,24?/m1/s1. The minimum Gasteiger partial charge on any atom is -0.271 e. The molecule has 5 nitrogen and oxygen atoms in total. The maximum atomic E-state index is 14.1. The second kappa shape index (κ2) is 8.72. The lowest BCUT2D eigenvalue weighted by molar-refractivity contribution is -0.119. The number of fused-ring (bicyclic) bond motifs is 2. The smallest absolute Gasteiger partial charge is 0.262 e. The quantitative estimate of drug-likeness (QED) is 0.555. The summed E-state index contributed by atoms with van der Waals surface area (Å²) in [5, 5.41) is 0.968. The molecule has 2 aliphatic heterocycles. The molecule has 180 valence electrons. The molecular weight excluding hydrogens is 466 g/mol. The predicted molar refractivity (Wildman–Crippen MR) is 124 cm³/mol. The zero-order valence-electron chi connectivity index (χ0n) is 18.8. The number of hydrogen-bond acceptors (Lipinski definition) is 4. The third-order valence-electron chi connectivity index (χ3n) is 8.11. The number of aliphatic imine (C=N–C) groups is 1. The minimum atomic E-state index is -4.24. The lowest BCUT2D eigenvalue weighted by Gasteiger charge is -2.34. The fourth-order valence-corrected chi connectivity index (χ4v) is 9.36. The number of amides is 1. The van der Waals surface area contributed by atoms with E-state index in [2.05, 4.69) is 4.99 Å². The van der Waals surface area contributed by atoms with Crippen molar-refractivity contribution in [1.82, 2.24) is 4.31 Å². The van der Waals surface area contributed by atoms with Crippen LogP contribution >= 0.6 is 11.8 Å². The number of sulfonamides is 1. The molecule has 4 aliphatic rings. The van der Waals surface area contributed by atoms with Crippen LogP contribution in [0.2, 0.25) is 0 Å². The van der Waals surface area contributed by atoms with Crippen molar-refractivity contribution in [2.24, 2.45) is 28.7 Å². The molecule has 4 atom stereocenters. The van der Waals surface area contributed by atoms with Gasteiger partial charge in [-0.2, -0.15) is 4.31 Å². The van der Waals surface area contributed by atoms with Gasteiger partial charge in [0.2, 0.25) is 10.0 Å². The van der Waals surface area contributed by atoms with Gasteiger partial charge < -0.3 is 0 Å². The van der Waals surface area contributed by atoms with Crippen molar-refractivity contribution in [1.29, 1.82) is 0 Å². The highest BCUT2D eigenvalue weighted by molar-refractivity contribution is 8.16. The normalized spacial score (nSPS) is 33.1. The molecule has 1 unspecified atom stereocenters. The molecule has 33 heavy (non-hydrogen) atoms. The molecule has 0 N–H and O–H groups in total. The molecule has 1 aromatic rings. The highest BCUT2D eigenvalue weighted by atomic mass is 32.2. The van der Waals surface area contributed by atoms with Crippen LogP contribution in [0.5, 0.6) is 0 Å². The van der Waals surface area contributed by atoms with Crippen LogP contribution in [0, 0.1) is 35.3 Å². The van der Waals surface area contributed by atoms with E-state index in [9.17, 15) is 22.0 Å². The minimum absolute atomic E-state index is 0.0749. The van der Waals surface area contributed by atoms with Crippen molar-refractivity contribution in [2.45, 2.75) is 67.9 Å². The van der Waals surface area contributed by atoms with Gasteiger partial charge in [-0.05, 0) is 87.7 Å². The fraction of sp³-hybridized carbons (Fsp3) is 0.667. The SMILES string of the molecule is CC1(CC2CCN(S(=O)(=O)c3c(F)cccc3F)CC2)SC(C[C@H]2C[C@@H]3CC[C@H]2C3)=NC1=O. The Morgan fingerprint density at radius 1 is 1.12 bits per heavy atom. The van der Waals surface area contributed by atoms with E-state index in [1.165, 1.54) is 25.7 Å². The first-order chi connectivity index (χ1) is 15.7. The van der Waals surface area contributed by atoms with E-state index in [4.69, 9.17) is 0 Å². The molecule has 2 heterocycles. The second-order valence-electron chi connectivity index (χ2n) is 10.4. The van der Waals surface area contributed by atoms with Gasteiger partial charge in [0.25, 0.3) is 5.91 Å². The van der Waals surface area contributed by atoms with E-state index in [-0.39, 0.29) is 24.9 Å². The number of thioether (sulfide) groups is 1. The number of rotatable bonds is 6. The maximum Gasteiger partial charge on any atom is 0.262 e. The molecule has 1 aromatic carbocycles. The molecule has 0 radical (unpaired) electrons. The highest BCUT2D eigenvalue weighted by Crippen LogP contribution is 2.51. The summed E-state index contributed by atoms with van der Waals surface area (Å²) in [6, 6.07) is 3.07. The third-order valence-corrected chi connectivity index (χ3v) is 11.3. The topological polar surface area (TPSA) is 66.8 Å². The summed E-state index contributed by atoms with van der Waals surface area (Å²) in [6.07, 6.45) is 7.95. The molecule has 1 amide bonds. The number of piperidine rings is 1. The summed E-state index contributed by atoms with van der Waals surface area (Å²) in [5.41, 5.74) is 0. The largest absolute Gasteiger partial charge is 0.271 e. The molecule has 0 spiro atoms. The Morgan fingerprint density at radius 2 is 1.82 bits per heavy atom. The van der Waals surface area contributed by atoms with Crippen LogP contribution in [0.3, 0.4) is 0 Å². The van der Waals surface area contributed by atoms with Crippen LogP contribution in [0.15, 0.2) is 28.1 Å². The van der Waals surface area contributed by atoms with Gasteiger partial charge in [0, 0.05) is 13.1 Å². The van der Waals surface area contributed by atoms with Crippen molar-refractivity contribution in [3.05, 3.63) is 29.8 Å². The van der Waals surface area contributed by atoms with Gasteiger partial charge in [-0.1, -0.05) is 24.2 Å². The molecule has 2 bridgehead atoms. The van der Waals surface area contributed by atoms with Crippen molar-refractivity contribution >= 4 is 32.7 Å². The average molecular weight is 497 g/mol. The highest BCUT2D eigenvalue weighted by Gasteiger charge is 2.46. The van der Waals surface area contributed by atoms with Gasteiger partial charge in [-0.3, -0.25) is 4.79 Å². The lowest BCUT2D eigenvalue weighted by Crippen LogP contribution is -2.41. The lowest BCUT2D eigenvalue weighted by atomic mass is 9.87. The third kappa shape index (κ3) is 4.41. The van der Waals surface area contributed by atoms with E-state index in [0.717, 1.165) is 45.8 Å². The fourth-order valence-electron chi connectivity index (χ4n) is 6.39. The van der Waals surface area contributed by atoms with Crippen LogP contribution < -0.4 is 0 Å². The van der Waals surface area contributed by atoms with Crippen molar-refractivity contribution in [2.75, 3.05) is 13.1 Å². The van der Waals surface area contributed by atoms with Crippen LogP contribution in [0.1, 0.15) is 58.3 Å². The Bertz CT molecular complexity index is 1060. The van der Waals surface area contributed by atoms with E-state index in [1.807, 2.05) is 6.92 Å². The van der Waals surface area contributed by atoms with Gasteiger partial charge in [-0.15, -0.1) is 0 Å². The van der Waals surface area contributed by atoms with Crippen LogP contribution in [0.25, 0.3) is 0 Å². The molecule has 9 heteroatoms. The Labute approximate surface area is 198 Å². The van der Waals surface area contributed by atoms with E-state index < -0.39 is 31.3 Å². The molecule has 0 aromatic heterocycles. The Kier molecular flexibility index (Phi) is 6.19. The van der Waals surface area contributed by atoms with Crippen LogP contribution in [0.4, 0.5) is 8.78 Å². The maximum absolute atomic E-state index is 14.1. The molecule has 5 rings (SSSR count). The van der Waals surface area contributed by atoms with Crippen molar-refractivity contribution in [3.63, 3.8) is 0 Å². The number of halogens is 2. The van der Waals surface area contributed by atoms with Gasteiger partial charge in [0.1, 0.15) is 16.4 Å². The van der Waals surface area contributed by atoms with E-state index >= 15 is 0 Å². The van der Waals surface area contributed by atoms with Gasteiger partial charge in [0.05, 0.1) is 5.04 Å². The first-order valence-electron chi connectivity index (χ1n) is 11.9. The summed E-state index contributed by atoms with van der Waals surface area (Å²) in [4.78, 5) is 16.3. The summed E-state index contributed by atoms with van der Waals surface area (Å²) in [6.45, 7) is 2.33. The Hall–Kier alpha value is -1.32. The molecule has 1 saturated heterocycles. The zero-order chi connectivity index (χ0) is 23.4. The van der Waals surface area contributed by atoms with Gasteiger partial charge >= 0.3 is 0 Å². The number of carbonyl (C=O) groups is 1. The number of hydrogen-bond donors (Lipinski definition) is 0. The summed E-state index contributed by atoms with van der Waals surface area (Å²) >= 11 is 1.61. The number of nitrogens with zero attached hydrogens (tertiary/aromatic N) is 2. The van der Waals surface area contributed by atoms with Gasteiger partial charge in [0.15, 0.2) is 4.90 Å². The predicted octanol–water partition coefficient (Wildman–Crippen LogP) is 5.01. The number of benzene rings is 1. The molecular formula is C24H30F2N2O3S2. The number of carbonyl (C=O) groups excluding carboxylic acids is 1. The molecule has 3 fully saturated rings. The Morgan fingerprint density at radius 3 is 2.42 bits per heavy atom. The average Bonchev–Trinajstić information content (AvgIpc) is 3.43. The molecule has 2 saturated carbocycles. The van der Waals surface area contributed by atoms with Crippen LogP contribution in [-0.2, 0) is 14.8 Å². The zero-order valence-corrected chi connectivity index (χ0v) is 20.4. The first kappa shape index (κ1) is 23.4. The van der Waals surface area contributed by atoms with Crippen LogP contribution in [-0.4, -0.2) is 41.5 Å². The monoisotopic (exact) mass is 496 g/mol. The van der Waals surface area contributed by atoms with Crippen molar-refractivity contribution < 1.29 is 22.0 Å². The summed E-state index contributed by atoms with van der Waals surface area (Å²) in [5.74, 6) is 0.279. The van der Waals surface area contributed by atoms with E-state index in [1.54, 1.807) is 11.8 Å². The van der Waals surface area contributed by atoms with Gasteiger partial charge in [-0.25, -0.2) is 22.2 Å². The van der Waals surface area contributed by atoms with E-state index in [0.29, 0.717) is 25.2 Å². The Balaban J connectivity index is 1.18. The first-order valence-corrected chi connectivity index (χ1v) is 14.2. The van der Waals surface area contributed by atoms with Crippen molar-refractivity contribution in [3.8, 4) is 0 Å². The second-order valence-corrected chi connectivity index (χ2v) is 13.8.